The van der Waals surface area contributed by atoms with E-state index >= 15 is 0 Å². The van der Waals surface area contributed by atoms with E-state index in [0.717, 1.165) is 12.3 Å². The van der Waals surface area contributed by atoms with Gasteiger partial charge in [-0.05, 0) is 12.1 Å². The van der Waals surface area contributed by atoms with Crippen LogP contribution in [0.15, 0.2) is 34.7 Å². The second kappa shape index (κ2) is 7.31. The van der Waals surface area contributed by atoms with Gasteiger partial charge in [0.1, 0.15) is 11.8 Å². The third kappa shape index (κ3) is 4.51. The third-order valence-corrected chi connectivity index (χ3v) is 2.79. The molecule has 0 saturated heterocycles. The maximum atomic E-state index is 9.07. The number of nitrogens with one attached hydrogen (secondary N) is 2. The van der Waals surface area contributed by atoms with E-state index in [1.54, 1.807) is 0 Å². The lowest BCUT2D eigenvalue weighted by atomic mass is 10.3. The molecule has 1 aromatic carbocycles. The van der Waals surface area contributed by atoms with Gasteiger partial charge in [-0.15, -0.1) is 0 Å². The summed E-state index contributed by atoms with van der Waals surface area (Å²) in [5, 5.41) is 12.2. The zero-order valence-corrected chi connectivity index (χ0v) is 12.2. The highest BCUT2D eigenvalue weighted by atomic mass is 16.5. The minimum Gasteiger partial charge on any atom is -0.484 e. The number of quaternary nitrogens is 1. The van der Waals surface area contributed by atoms with Gasteiger partial charge in [-0.1, -0.05) is 18.2 Å². The Labute approximate surface area is 124 Å². The number of hydrogen-bond acceptors (Lipinski definition) is 5. The number of hydrogen-bond donors (Lipinski definition) is 2. The molecule has 2 rings (SSSR count). The highest BCUT2D eigenvalue weighted by Gasteiger charge is 2.13. The van der Waals surface area contributed by atoms with E-state index in [1.807, 2.05) is 36.4 Å². The molecule has 1 aromatic heterocycles. The number of anilines is 1. The van der Waals surface area contributed by atoms with Crippen molar-refractivity contribution >= 4 is 5.88 Å². The molecule has 0 aliphatic rings. The zero-order chi connectivity index (χ0) is 15.1. The first-order chi connectivity index (χ1) is 10.2. The minimum absolute atomic E-state index is 0.194. The van der Waals surface area contributed by atoms with E-state index in [-0.39, 0.29) is 12.3 Å². The molecule has 0 spiro atoms. The van der Waals surface area contributed by atoms with Crippen molar-refractivity contribution < 1.29 is 14.1 Å². The summed E-state index contributed by atoms with van der Waals surface area (Å²) in [4.78, 5) is 5.43. The summed E-state index contributed by atoms with van der Waals surface area (Å²) in [6.45, 7) is 1.83. The average molecular weight is 287 g/mol. The molecular formula is C15H19N4O2+. The van der Waals surface area contributed by atoms with Gasteiger partial charge in [0.2, 0.25) is 17.5 Å². The highest BCUT2D eigenvalue weighted by Crippen LogP contribution is 2.18. The quantitative estimate of drug-likeness (QED) is 0.783. The minimum atomic E-state index is 0.194. The molecule has 6 nitrogen and oxygen atoms in total. The molecule has 2 N–H and O–H groups in total. The Balaban J connectivity index is 1.95. The van der Waals surface area contributed by atoms with Crippen LogP contribution in [-0.2, 0) is 6.61 Å². The van der Waals surface area contributed by atoms with E-state index in [4.69, 9.17) is 14.4 Å². The lowest BCUT2D eigenvalue weighted by molar-refractivity contribution is -0.856. The third-order valence-electron chi connectivity index (χ3n) is 2.79. The molecule has 0 atom stereocenters. The number of aromatic nitrogens is 1. The van der Waals surface area contributed by atoms with Gasteiger partial charge >= 0.3 is 0 Å². The summed E-state index contributed by atoms with van der Waals surface area (Å²) in [5.41, 5.74) is 0.260. The largest absolute Gasteiger partial charge is 0.484 e. The van der Waals surface area contributed by atoms with Crippen LogP contribution in [0.5, 0.6) is 5.75 Å². The lowest BCUT2D eigenvalue weighted by Gasteiger charge is -2.07. The number of rotatable bonds is 7. The van der Waals surface area contributed by atoms with Gasteiger partial charge in [-0.3, -0.25) is 0 Å². The van der Waals surface area contributed by atoms with Crippen LogP contribution < -0.4 is 15.0 Å². The molecule has 1 heterocycles. The predicted octanol–water partition coefficient (Wildman–Crippen LogP) is 0.682. The summed E-state index contributed by atoms with van der Waals surface area (Å²) in [5.74, 6) is 1.53. The summed E-state index contributed by atoms with van der Waals surface area (Å²) in [6, 6.07) is 11.4. The molecule has 0 fully saturated rings. The normalized spacial score (nSPS) is 10.4. The number of likely N-dealkylation sites (N-methyl/N-ethyl adjacent to an activating group) is 1. The van der Waals surface area contributed by atoms with Crippen molar-refractivity contribution in [1.82, 2.24) is 4.98 Å². The lowest BCUT2D eigenvalue weighted by Crippen LogP contribution is -3.06. The van der Waals surface area contributed by atoms with Crippen LogP contribution in [0.25, 0.3) is 0 Å². The molecule has 6 heteroatoms. The second-order valence-electron chi connectivity index (χ2n) is 4.88. The molecule has 0 radical (unpaired) electrons. The predicted molar refractivity (Wildman–Crippen MR) is 78.2 cm³/mol. The van der Waals surface area contributed by atoms with Crippen LogP contribution in [0.4, 0.5) is 5.88 Å². The first-order valence-electron chi connectivity index (χ1n) is 6.79. The molecule has 0 aliphatic carbocycles. The Morgan fingerprint density at radius 3 is 2.76 bits per heavy atom. The van der Waals surface area contributed by atoms with Gasteiger partial charge in [0.05, 0.1) is 27.2 Å². The summed E-state index contributed by atoms with van der Waals surface area (Å²) >= 11 is 0. The molecule has 110 valence electrons. The zero-order valence-electron chi connectivity index (χ0n) is 12.2. The van der Waals surface area contributed by atoms with Crippen molar-refractivity contribution in [2.45, 2.75) is 6.61 Å². The Bertz CT molecular complexity index is 602. The van der Waals surface area contributed by atoms with E-state index in [1.165, 1.54) is 4.90 Å². The monoisotopic (exact) mass is 287 g/mol. The summed E-state index contributed by atoms with van der Waals surface area (Å²) < 4.78 is 11.1. The fourth-order valence-corrected chi connectivity index (χ4v) is 1.71. The highest BCUT2D eigenvalue weighted by molar-refractivity contribution is 5.45. The maximum absolute atomic E-state index is 9.07. The van der Waals surface area contributed by atoms with Gasteiger partial charge in [0.25, 0.3) is 0 Å². The van der Waals surface area contributed by atoms with Gasteiger partial charge in [-0.2, -0.15) is 10.2 Å². The van der Waals surface area contributed by atoms with E-state index in [9.17, 15) is 0 Å². The van der Waals surface area contributed by atoms with Crippen molar-refractivity contribution in [1.29, 1.82) is 5.26 Å². The van der Waals surface area contributed by atoms with Crippen LogP contribution in [0.3, 0.4) is 0 Å². The van der Waals surface area contributed by atoms with Crippen LogP contribution >= 0.6 is 0 Å². The smallest absolute Gasteiger partial charge is 0.236 e. The Morgan fingerprint density at radius 1 is 1.33 bits per heavy atom. The number of oxazole rings is 1. The van der Waals surface area contributed by atoms with E-state index in [0.29, 0.717) is 18.3 Å². The van der Waals surface area contributed by atoms with Crippen molar-refractivity contribution in [2.75, 3.05) is 32.5 Å². The fraction of sp³-hybridized carbons (Fsp3) is 0.333. The van der Waals surface area contributed by atoms with Crippen LogP contribution in [-0.4, -0.2) is 32.2 Å². The number of para-hydroxylation sites is 1. The molecule has 0 saturated carbocycles. The van der Waals surface area contributed by atoms with E-state index in [2.05, 4.69) is 24.4 Å². The molecule has 0 amide bonds. The number of nitrogens with zero attached hydrogens (tertiary/aromatic N) is 2. The Kier molecular flexibility index (Phi) is 5.18. The topological polar surface area (TPSA) is 75.5 Å². The summed E-state index contributed by atoms with van der Waals surface area (Å²) in [7, 11) is 4.12. The molecular weight excluding hydrogens is 268 g/mol. The fourth-order valence-electron chi connectivity index (χ4n) is 1.71. The standard InChI is InChI=1S/C15H18N4O2/c1-19(2)9-8-17-15-13(10-16)18-14(21-15)11-20-12-6-4-3-5-7-12/h3-7,17H,8-9,11H2,1-2H3/p+1. The van der Waals surface area contributed by atoms with Crippen LogP contribution in [0.2, 0.25) is 0 Å². The maximum Gasteiger partial charge on any atom is 0.236 e. The SMILES string of the molecule is C[NH+](C)CCNc1oc(COc2ccccc2)nc1C#N. The molecule has 21 heavy (non-hydrogen) atoms. The Hall–Kier alpha value is -2.52. The van der Waals surface area contributed by atoms with Gasteiger partial charge in [0.15, 0.2) is 6.61 Å². The van der Waals surface area contributed by atoms with Gasteiger partial charge in [0, 0.05) is 0 Å². The van der Waals surface area contributed by atoms with Crippen molar-refractivity contribution in [3.63, 3.8) is 0 Å². The molecule has 2 aromatic rings. The number of nitriles is 1. The number of benzene rings is 1. The Morgan fingerprint density at radius 2 is 2.10 bits per heavy atom. The van der Waals surface area contributed by atoms with E-state index < -0.39 is 0 Å². The van der Waals surface area contributed by atoms with Gasteiger partial charge < -0.3 is 19.4 Å². The van der Waals surface area contributed by atoms with Crippen LogP contribution in [0.1, 0.15) is 11.6 Å². The van der Waals surface area contributed by atoms with Crippen molar-refractivity contribution in [3.8, 4) is 11.8 Å². The second-order valence-corrected chi connectivity index (χ2v) is 4.88. The number of ether oxygens (including phenoxy) is 1. The van der Waals surface area contributed by atoms with Crippen LogP contribution in [0, 0.1) is 11.3 Å². The molecule has 0 bridgehead atoms. The first-order valence-corrected chi connectivity index (χ1v) is 6.79. The van der Waals surface area contributed by atoms with Gasteiger partial charge in [-0.25, -0.2) is 0 Å². The molecule has 0 aliphatic heterocycles. The molecule has 0 unspecified atom stereocenters. The van der Waals surface area contributed by atoms with Crippen molar-refractivity contribution in [2.24, 2.45) is 0 Å². The summed E-state index contributed by atoms with van der Waals surface area (Å²) in [6.07, 6.45) is 0. The first kappa shape index (κ1) is 14.9. The van der Waals surface area contributed by atoms with Crippen molar-refractivity contribution in [3.05, 3.63) is 41.9 Å². The average Bonchev–Trinajstić information content (AvgIpc) is 2.88.